The standard InChI is InChI=1S/C17H35NO3/c1-6-7-8-9-10-13-21-14-11-12-17(4,16(19)20-5)18-15(2)3/h15,18H,6-14H2,1-5H3. The molecule has 0 aromatic carbocycles. The van der Waals surface area contributed by atoms with Crippen LogP contribution in [-0.2, 0) is 14.3 Å². The molecule has 0 aliphatic rings. The van der Waals surface area contributed by atoms with Gasteiger partial charge in [0.05, 0.1) is 7.11 Å². The van der Waals surface area contributed by atoms with Crippen molar-refractivity contribution in [2.45, 2.75) is 84.2 Å². The number of nitrogens with one attached hydrogen (secondary N) is 1. The van der Waals surface area contributed by atoms with Crippen LogP contribution in [0.4, 0.5) is 0 Å². The lowest BCUT2D eigenvalue weighted by atomic mass is 9.95. The van der Waals surface area contributed by atoms with E-state index in [2.05, 4.69) is 12.2 Å². The molecule has 0 aliphatic heterocycles. The second-order valence-corrected chi connectivity index (χ2v) is 6.25. The number of unbranched alkanes of at least 4 members (excludes halogenated alkanes) is 4. The first-order valence-electron chi connectivity index (χ1n) is 8.40. The van der Waals surface area contributed by atoms with E-state index >= 15 is 0 Å². The minimum Gasteiger partial charge on any atom is -0.468 e. The van der Waals surface area contributed by atoms with E-state index < -0.39 is 5.54 Å². The lowest BCUT2D eigenvalue weighted by Crippen LogP contribution is -2.53. The highest BCUT2D eigenvalue weighted by Crippen LogP contribution is 2.16. The van der Waals surface area contributed by atoms with Gasteiger partial charge in [0.2, 0.25) is 0 Å². The largest absolute Gasteiger partial charge is 0.468 e. The second-order valence-electron chi connectivity index (χ2n) is 6.25. The van der Waals surface area contributed by atoms with Gasteiger partial charge in [-0.05, 0) is 40.0 Å². The normalized spacial score (nSPS) is 14.2. The smallest absolute Gasteiger partial charge is 0.325 e. The summed E-state index contributed by atoms with van der Waals surface area (Å²) in [4.78, 5) is 11.9. The maximum atomic E-state index is 11.9. The van der Waals surface area contributed by atoms with Crippen LogP contribution in [0.15, 0.2) is 0 Å². The molecule has 1 unspecified atom stereocenters. The summed E-state index contributed by atoms with van der Waals surface area (Å²) >= 11 is 0. The van der Waals surface area contributed by atoms with E-state index in [1.165, 1.54) is 32.8 Å². The Bertz CT molecular complexity index is 269. The van der Waals surface area contributed by atoms with E-state index in [0.29, 0.717) is 6.61 Å². The van der Waals surface area contributed by atoms with Gasteiger partial charge in [0.25, 0.3) is 0 Å². The maximum absolute atomic E-state index is 11.9. The van der Waals surface area contributed by atoms with Crippen LogP contribution in [0.3, 0.4) is 0 Å². The van der Waals surface area contributed by atoms with Crippen molar-refractivity contribution in [2.24, 2.45) is 0 Å². The van der Waals surface area contributed by atoms with Gasteiger partial charge in [0.15, 0.2) is 0 Å². The minimum absolute atomic E-state index is 0.198. The van der Waals surface area contributed by atoms with Gasteiger partial charge in [-0.25, -0.2) is 0 Å². The fourth-order valence-corrected chi connectivity index (χ4v) is 2.53. The van der Waals surface area contributed by atoms with Crippen LogP contribution in [0.5, 0.6) is 0 Å². The van der Waals surface area contributed by atoms with E-state index in [9.17, 15) is 4.79 Å². The highest BCUT2D eigenvalue weighted by atomic mass is 16.5. The van der Waals surface area contributed by atoms with Gasteiger partial charge in [-0.3, -0.25) is 10.1 Å². The van der Waals surface area contributed by atoms with Crippen molar-refractivity contribution in [3.63, 3.8) is 0 Å². The Balaban J connectivity index is 3.81. The van der Waals surface area contributed by atoms with Crippen LogP contribution in [-0.4, -0.2) is 37.9 Å². The number of hydrogen-bond donors (Lipinski definition) is 1. The number of carbonyl (C=O) groups is 1. The second kappa shape index (κ2) is 12.0. The van der Waals surface area contributed by atoms with Crippen LogP contribution in [0.2, 0.25) is 0 Å². The van der Waals surface area contributed by atoms with E-state index in [0.717, 1.165) is 25.9 Å². The summed E-state index contributed by atoms with van der Waals surface area (Å²) in [5.74, 6) is -0.198. The molecule has 0 saturated heterocycles. The first-order chi connectivity index (χ1) is 9.96. The zero-order chi connectivity index (χ0) is 16.1. The first kappa shape index (κ1) is 20.4. The van der Waals surface area contributed by atoms with Crippen molar-refractivity contribution < 1.29 is 14.3 Å². The molecule has 4 nitrogen and oxygen atoms in total. The molecule has 0 spiro atoms. The number of ether oxygens (including phenoxy) is 2. The summed E-state index contributed by atoms with van der Waals surface area (Å²) in [5.41, 5.74) is -0.618. The van der Waals surface area contributed by atoms with Gasteiger partial charge in [-0.2, -0.15) is 0 Å². The van der Waals surface area contributed by atoms with Crippen LogP contribution in [0.1, 0.15) is 72.6 Å². The van der Waals surface area contributed by atoms with Crippen molar-refractivity contribution in [1.82, 2.24) is 5.32 Å². The van der Waals surface area contributed by atoms with Crippen LogP contribution in [0.25, 0.3) is 0 Å². The Labute approximate surface area is 131 Å². The number of esters is 1. The summed E-state index contributed by atoms with van der Waals surface area (Å²) in [6.45, 7) is 9.74. The first-order valence-corrected chi connectivity index (χ1v) is 8.40. The summed E-state index contributed by atoms with van der Waals surface area (Å²) in [6.07, 6.45) is 7.88. The Kier molecular flexibility index (Phi) is 11.6. The molecule has 0 saturated carbocycles. The van der Waals surface area contributed by atoms with Crippen LogP contribution >= 0.6 is 0 Å². The lowest BCUT2D eigenvalue weighted by Gasteiger charge is -2.30. The fraction of sp³-hybridized carbons (Fsp3) is 0.941. The molecule has 0 heterocycles. The summed E-state index contributed by atoms with van der Waals surface area (Å²) in [6, 6.07) is 0.244. The molecule has 0 fully saturated rings. The van der Waals surface area contributed by atoms with Crippen molar-refractivity contribution in [3.8, 4) is 0 Å². The minimum atomic E-state index is -0.618. The Hall–Kier alpha value is -0.610. The molecule has 0 bridgehead atoms. The topological polar surface area (TPSA) is 47.6 Å². The lowest BCUT2D eigenvalue weighted by molar-refractivity contribution is -0.148. The van der Waals surface area contributed by atoms with E-state index in [1.807, 2.05) is 20.8 Å². The number of methoxy groups -OCH3 is 1. The molecule has 21 heavy (non-hydrogen) atoms. The highest BCUT2D eigenvalue weighted by Gasteiger charge is 2.33. The maximum Gasteiger partial charge on any atom is 0.325 e. The van der Waals surface area contributed by atoms with Crippen LogP contribution < -0.4 is 5.32 Å². The molecule has 1 N–H and O–H groups in total. The van der Waals surface area contributed by atoms with Crippen molar-refractivity contribution in [3.05, 3.63) is 0 Å². The Morgan fingerprint density at radius 3 is 2.29 bits per heavy atom. The SMILES string of the molecule is CCCCCCCOCCCC(C)(NC(C)C)C(=O)OC. The molecule has 0 rings (SSSR count). The molecule has 126 valence electrons. The third-order valence-corrected chi connectivity index (χ3v) is 3.60. The average molecular weight is 301 g/mol. The van der Waals surface area contributed by atoms with Gasteiger partial charge in [0.1, 0.15) is 5.54 Å². The Morgan fingerprint density at radius 1 is 1.10 bits per heavy atom. The fourth-order valence-electron chi connectivity index (χ4n) is 2.53. The van der Waals surface area contributed by atoms with Crippen molar-refractivity contribution in [2.75, 3.05) is 20.3 Å². The van der Waals surface area contributed by atoms with Crippen molar-refractivity contribution in [1.29, 1.82) is 0 Å². The number of hydrogen-bond acceptors (Lipinski definition) is 4. The molecular formula is C17H35NO3. The summed E-state index contributed by atoms with van der Waals surface area (Å²) in [5, 5.41) is 3.30. The Morgan fingerprint density at radius 2 is 1.71 bits per heavy atom. The molecule has 0 amide bonds. The van der Waals surface area contributed by atoms with Gasteiger partial charge < -0.3 is 9.47 Å². The molecular weight excluding hydrogens is 266 g/mol. The van der Waals surface area contributed by atoms with Gasteiger partial charge in [0, 0.05) is 19.3 Å². The molecule has 4 heteroatoms. The monoisotopic (exact) mass is 301 g/mol. The number of carbonyl (C=O) groups excluding carboxylic acids is 1. The predicted octanol–water partition coefficient (Wildman–Crippen LogP) is 3.68. The quantitative estimate of drug-likeness (QED) is 0.416. The molecule has 0 aromatic heterocycles. The van der Waals surface area contributed by atoms with E-state index in [1.54, 1.807) is 0 Å². The zero-order valence-electron chi connectivity index (χ0n) is 14.7. The number of rotatable bonds is 13. The summed E-state index contributed by atoms with van der Waals surface area (Å²) < 4.78 is 10.6. The van der Waals surface area contributed by atoms with Gasteiger partial charge >= 0.3 is 5.97 Å². The predicted molar refractivity (Wildman–Crippen MR) is 87.5 cm³/mol. The van der Waals surface area contributed by atoms with Crippen LogP contribution in [0, 0.1) is 0 Å². The third-order valence-electron chi connectivity index (χ3n) is 3.60. The zero-order valence-corrected chi connectivity index (χ0v) is 14.7. The molecule has 0 radical (unpaired) electrons. The summed E-state index contributed by atoms with van der Waals surface area (Å²) in [7, 11) is 1.44. The van der Waals surface area contributed by atoms with E-state index in [4.69, 9.17) is 9.47 Å². The van der Waals surface area contributed by atoms with Gasteiger partial charge in [-0.1, -0.05) is 32.6 Å². The molecule has 0 aliphatic carbocycles. The average Bonchev–Trinajstić information content (AvgIpc) is 2.43. The molecule has 0 aromatic rings. The third kappa shape index (κ3) is 9.86. The van der Waals surface area contributed by atoms with E-state index in [-0.39, 0.29) is 12.0 Å². The highest BCUT2D eigenvalue weighted by molar-refractivity contribution is 5.80. The molecule has 1 atom stereocenters. The van der Waals surface area contributed by atoms with Gasteiger partial charge in [-0.15, -0.1) is 0 Å². The van der Waals surface area contributed by atoms with Crippen molar-refractivity contribution >= 4 is 5.97 Å².